The Hall–Kier alpha value is 1.09. The van der Waals surface area contributed by atoms with Gasteiger partial charge in [-0.25, -0.2) is 0 Å². The molecular formula is C14H14K2N4OS-2. The summed E-state index contributed by atoms with van der Waals surface area (Å²) in [4.78, 5) is 11.6. The van der Waals surface area contributed by atoms with Gasteiger partial charge in [-0.05, 0) is 6.07 Å². The molecule has 106 valence electrons. The van der Waals surface area contributed by atoms with Crippen LogP contribution in [-0.2, 0) is 4.79 Å². The molecule has 0 bridgehead atoms. The fourth-order valence-corrected chi connectivity index (χ4v) is 1.22. The van der Waals surface area contributed by atoms with Crippen LogP contribution in [-0.4, -0.2) is 33.7 Å². The van der Waals surface area contributed by atoms with Crippen molar-refractivity contribution in [2.24, 2.45) is 5.73 Å². The van der Waals surface area contributed by atoms with Crippen molar-refractivity contribution in [3.8, 4) is 5.69 Å². The van der Waals surface area contributed by atoms with E-state index in [-0.39, 0.29) is 103 Å². The zero-order valence-electron chi connectivity index (χ0n) is 12.8. The van der Waals surface area contributed by atoms with Crippen LogP contribution in [0.25, 0.3) is 5.69 Å². The van der Waals surface area contributed by atoms with Crippen molar-refractivity contribution in [2.75, 3.05) is 6.54 Å². The van der Waals surface area contributed by atoms with Crippen LogP contribution in [0.5, 0.6) is 0 Å². The monoisotopic (exact) mass is 364 g/mol. The number of allylic oxidation sites excluding steroid dienone is 1. The topological polar surface area (TPSA) is 73.8 Å². The van der Waals surface area contributed by atoms with Crippen molar-refractivity contribution in [1.29, 1.82) is 0 Å². The number of nitrogens with zero attached hydrogens (tertiary/aromatic N) is 3. The molecule has 0 aliphatic rings. The smallest absolute Gasteiger partial charge is 0.540 e. The van der Waals surface area contributed by atoms with Gasteiger partial charge >= 0.3 is 103 Å². The first-order valence-corrected chi connectivity index (χ1v) is 5.95. The minimum atomic E-state index is 0. The summed E-state index contributed by atoms with van der Waals surface area (Å²) in [6, 6.07) is 7.40. The summed E-state index contributed by atoms with van der Waals surface area (Å²) in [7, 11) is 0. The maximum absolute atomic E-state index is 10.1. The van der Waals surface area contributed by atoms with E-state index in [0.717, 1.165) is 11.3 Å². The summed E-state index contributed by atoms with van der Waals surface area (Å²) in [5.74, 6) is 4.08. The molecule has 0 radical (unpaired) electrons. The van der Waals surface area contributed by atoms with Gasteiger partial charge in [0.1, 0.15) is 0 Å². The van der Waals surface area contributed by atoms with Gasteiger partial charge in [0.15, 0.2) is 0 Å². The van der Waals surface area contributed by atoms with Crippen molar-refractivity contribution in [3.05, 3.63) is 61.3 Å². The average Bonchev–Trinajstić information content (AvgIpc) is 3.02. The van der Waals surface area contributed by atoms with E-state index >= 15 is 0 Å². The second-order valence-corrected chi connectivity index (χ2v) is 3.03. The molecule has 0 atom stereocenters. The molecule has 5 nitrogen and oxygen atoms in total. The van der Waals surface area contributed by atoms with Crippen molar-refractivity contribution >= 4 is 24.4 Å². The van der Waals surface area contributed by atoms with Crippen molar-refractivity contribution in [3.63, 3.8) is 0 Å². The minimum absolute atomic E-state index is 0. The Morgan fingerprint density at radius 1 is 1.27 bits per heavy atom. The summed E-state index contributed by atoms with van der Waals surface area (Å²) in [5, 5.41) is 8.02. The third kappa shape index (κ3) is 11.6. The first-order chi connectivity index (χ1) is 9.83. The Morgan fingerprint density at radius 3 is 2.27 bits per heavy atom. The van der Waals surface area contributed by atoms with E-state index in [0.29, 0.717) is 6.54 Å². The fourth-order valence-electron chi connectivity index (χ4n) is 1.22. The van der Waals surface area contributed by atoms with Gasteiger partial charge in [0.2, 0.25) is 0 Å². The average molecular weight is 365 g/mol. The molecule has 8 heteroatoms. The normalized spacial score (nSPS) is 8.27. The van der Waals surface area contributed by atoms with Gasteiger partial charge in [-0.15, -0.1) is 6.54 Å². The Labute approximate surface area is 222 Å². The SMILES string of the molecule is O=[C-]C=[C-]c1ccccc1-n1nccn1.[CH-]=S.[CH2-]CN.[K+].[K+]. The summed E-state index contributed by atoms with van der Waals surface area (Å²) < 4.78 is 0. The van der Waals surface area contributed by atoms with Crippen molar-refractivity contribution in [1.82, 2.24) is 15.0 Å². The largest absolute Gasteiger partial charge is 1.00 e. The molecule has 1 heterocycles. The predicted octanol–water partition coefficient (Wildman–Crippen LogP) is -4.64. The quantitative estimate of drug-likeness (QED) is 0.257. The number of hydrogen-bond donors (Lipinski definition) is 1. The number of aromatic nitrogens is 3. The first kappa shape index (κ1) is 27.9. The van der Waals surface area contributed by atoms with Gasteiger partial charge < -0.3 is 47.7 Å². The molecule has 1 aromatic carbocycles. The molecule has 0 aliphatic carbocycles. The van der Waals surface area contributed by atoms with E-state index in [9.17, 15) is 4.79 Å². The van der Waals surface area contributed by atoms with E-state index in [1.807, 2.05) is 24.3 Å². The fraction of sp³-hybridized carbons (Fsp3) is 0.0714. The standard InChI is InChI=1S/C11H7N3O.C2H6N.CHS.2K/c15-9-3-5-10-4-1-2-6-11(10)14-12-7-8-13-14;1-2-3;1-2;;/h1-4,6-8H;1-3H2;1H;;/q-2;2*-1;2*+1. The zero-order chi connectivity index (χ0) is 15.2. The molecule has 0 saturated heterocycles. The van der Waals surface area contributed by atoms with Crippen LogP contribution >= 0.6 is 12.2 Å². The van der Waals surface area contributed by atoms with Gasteiger partial charge in [0.25, 0.3) is 0 Å². The van der Waals surface area contributed by atoms with Gasteiger partial charge in [0, 0.05) is 0 Å². The minimum Gasteiger partial charge on any atom is -0.540 e. The second-order valence-electron chi connectivity index (χ2n) is 3.03. The molecule has 2 N–H and O–H groups in total. The third-order valence-electron chi connectivity index (χ3n) is 1.82. The number of carbonyl (C=O) groups excluding carboxylic acids is 1. The van der Waals surface area contributed by atoms with Crippen LogP contribution < -0.4 is 109 Å². The Bertz CT molecular complexity index is 521. The Kier molecular flexibility index (Phi) is 25.6. The molecule has 1 aromatic heterocycles. The molecule has 0 unspecified atom stereocenters. The molecule has 0 spiro atoms. The number of rotatable bonds is 3. The van der Waals surface area contributed by atoms with E-state index < -0.39 is 0 Å². The summed E-state index contributed by atoms with van der Waals surface area (Å²) >= 11 is 3.58. The van der Waals surface area contributed by atoms with Crippen LogP contribution in [0, 0.1) is 13.0 Å². The predicted molar refractivity (Wildman–Crippen MR) is 82.0 cm³/mol. The summed E-state index contributed by atoms with van der Waals surface area (Å²) in [6.45, 7) is 3.76. The number of thiocarbonyl (C=S) groups is 1. The van der Waals surface area contributed by atoms with E-state index in [1.54, 1.807) is 18.7 Å². The maximum Gasteiger partial charge on any atom is 1.00 e. The number of hydrogen-bond acceptors (Lipinski definition) is 5. The third-order valence-corrected chi connectivity index (χ3v) is 1.82. The molecule has 0 saturated carbocycles. The van der Waals surface area contributed by atoms with Crippen LogP contribution in [0.1, 0.15) is 5.56 Å². The van der Waals surface area contributed by atoms with Gasteiger partial charge in [0.05, 0.1) is 18.1 Å². The number of benzene rings is 1. The van der Waals surface area contributed by atoms with E-state index in [4.69, 9.17) is 5.73 Å². The van der Waals surface area contributed by atoms with Crippen LogP contribution in [0.2, 0.25) is 0 Å². The van der Waals surface area contributed by atoms with Crippen molar-refractivity contribution in [2.45, 2.75) is 0 Å². The van der Waals surface area contributed by atoms with Crippen LogP contribution in [0.3, 0.4) is 0 Å². The second kappa shape index (κ2) is 20.1. The summed E-state index contributed by atoms with van der Waals surface area (Å²) in [6.07, 6.45) is 8.83. The molecule has 2 aromatic rings. The number of para-hydroxylation sites is 1. The molecule has 22 heavy (non-hydrogen) atoms. The molecule has 0 amide bonds. The van der Waals surface area contributed by atoms with Crippen LogP contribution in [0.4, 0.5) is 0 Å². The molecule has 0 aliphatic heterocycles. The van der Waals surface area contributed by atoms with Crippen molar-refractivity contribution < 1.29 is 108 Å². The molecule has 2 rings (SSSR count). The Balaban J connectivity index is -0.000000464. The van der Waals surface area contributed by atoms with E-state index in [2.05, 4.69) is 41.3 Å². The molecular weight excluding hydrogens is 350 g/mol. The molecule has 0 fully saturated rings. The maximum atomic E-state index is 10.1. The first-order valence-electron chi connectivity index (χ1n) is 5.48. The van der Waals surface area contributed by atoms with E-state index in [1.165, 1.54) is 10.9 Å². The van der Waals surface area contributed by atoms with Gasteiger partial charge in [-0.1, -0.05) is 18.2 Å². The Morgan fingerprint density at radius 2 is 1.77 bits per heavy atom. The van der Waals surface area contributed by atoms with Crippen LogP contribution in [0.15, 0.2) is 42.7 Å². The van der Waals surface area contributed by atoms with Gasteiger partial charge in [-0.2, -0.15) is 20.6 Å². The number of nitrogens with two attached hydrogens (primary N) is 1. The summed E-state index contributed by atoms with van der Waals surface area (Å²) in [5.41, 5.74) is 6.26. The zero-order valence-corrected chi connectivity index (χ0v) is 19.8. The van der Waals surface area contributed by atoms with Gasteiger partial charge in [-0.3, -0.25) is 6.29 Å².